The lowest BCUT2D eigenvalue weighted by Crippen LogP contribution is -2.52. The van der Waals surface area contributed by atoms with Crippen molar-refractivity contribution in [3.8, 4) is 0 Å². The maximum Gasteiger partial charge on any atom is 0.408 e. The lowest BCUT2D eigenvalue weighted by molar-refractivity contribution is -0.149. The van der Waals surface area contributed by atoms with E-state index >= 15 is 0 Å². The molecule has 0 spiro atoms. The molecular weight excluding hydrogens is 828 g/mol. The Morgan fingerprint density at radius 2 is 0.918 bits per heavy atom. The van der Waals surface area contributed by atoms with E-state index in [1.165, 1.54) is 6.92 Å². The first-order chi connectivity index (χ1) is 29.5. The van der Waals surface area contributed by atoms with Crippen molar-refractivity contribution < 1.29 is 52.5 Å². The molecule has 0 radical (unpaired) electrons. The van der Waals surface area contributed by atoms with E-state index in [0.717, 1.165) is 22.9 Å². The Bertz CT molecular complexity index is 2030. The largest absolute Gasteiger partial charge is 0.459 e. The number of benzene rings is 4. The van der Waals surface area contributed by atoms with Crippen molar-refractivity contribution in [1.82, 2.24) is 21.3 Å². The molecule has 17 heteroatoms. The second kappa shape index (κ2) is 26.0. The normalized spacial score (nSPS) is 12.6. The summed E-state index contributed by atoms with van der Waals surface area (Å²) < 4.78 is 21.5. The predicted molar refractivity (Wildman–Crippen MR) is 227 cm³/mol. The first-order valence-corrected chi connectivity index (χ1v) is 20.7. The number of hydrogen-bond acceptors (Lipinski definition) is 12. The van der Waals surface area contributed by atoms with Gasteiger partial charge in [0.25, 0.3) is 0 Å². The number of thioether (sulfide) groups is 1. The Kier molecular flexibility index (Phi) is 20.1. The summed E-state index contributed by atoms with van der Waals surface area (Å²) in [6.45, 7) is 1.15. The molecule has 0 saturated carbocycles. The molecule has 4 aromatic carbocycles. The summed E-state index contributed by atoms with van der Waals surface area (Å²) in [5.74, 6) is -4.10. The van der Waals surface area contributed by atoms with Crippen LogP contribution in [0.3, 0.4) is 0 Å². The minimum atomic E-state index is -1.31. The van der Waals surface area contributed by atoms with Crippen LogP contribution in [0.2, 0.25) is 0 Å². The molecule has 4 rings (SSSR count). The fraction of sp³-hybridized carbons (Fsp3) is 0.295. The third-order valence-electron chi connectivity index (χ3n) is 8.63. The maximum atomic E-state index is 13.7. The summed E-state index contributed by atoms with van der Waals surface area (Å²) in [5.41, 5.74) is 2.86. The molecule has 15 nitrogen and oxygen atoms in total. The molecule has 0 aliphatic rings. The second-order valence-corrected chi connectivity index (χ2v) is 14.9. The highest BCUT2D eigenvalue weighted by atomic mass is 35.5. The molecule has 0 saturated heterocycles. The van der Waals surface area contributed by atoms with Gasteiger partial charge in [-0.1, -0.05) is 121 Å². The van der Waals surface area contributed by atoms with Gasteiger partial charge in [0.2, 0.25) is 11.8 Å². The number of esters is 3. The maximum absolute atomic E-state index is 13.7. The van der Waals surface area contributed by atoms with E-state index in [1.807, 2.05) is 18.2 Å². The summed E-state index contributed by atoms with van der Waals surface area (Å²) in [6, 6.07) is 30.6. The van der Waals surface area contributed by atoms with Crippen molar-refractivity contribution >= 4 is 64.5 Å². The quantitative estimate of drug-likeness (QED) is 0.0323. The predicted octanol–water partition coefficient (Wildman–Crippen LogP) is 5.33. The van der Waals surface area contributed by atoms with E-state index in [1.54, 1.807) is 103 Å². The molecular formula is C44H47ClN4O11S. The molecule has 0 heterocycles. The summed E-state index contributed by atoms with van der Waals surface area (Å²) >= 11 is 6.54. The van der Waals surface area contributed by atoms with Gasteiger partial charge in [0.05, 0.1) is 0 Å². The van der Waals surface area contributed by atoms with Crippen LogP contribution in [0.1, 0.15) is 42.0 Å². The topological polar surface area (TPSA) is 205 Å². The summed E-state index contributed by atoms with van der Waals surface area (Å²) in [7, 11) is 0. The van der Waals surface area contributed by atoms with E-state index in [-0.39, 0.29) is 50.8 Å². The van der Waals surface area contributed by atoms with Gasteiger partial charge in [-0.15, -0.1) is 0 Å². The molecule has 0 aliphatic carbocycles. The van der Waals surface area contributed by atoms with Gasteiger partial charge in [-0.25, -0.2) is 19.2 Å². The van der Waals surface area contributed by atoms with Crippen LogP contribution in [0, 0.1) is 0 Å². The average Bonchev–Trinajstić information content (AvgIpc) is 3.27. The van der Waals surface area contributed by atoms with E-state index in [9.17, 15) is 33.6 Å². The monoisotopic (exact) mass is 874 g/mol. The minimum absolute atomic E-state index is 0.0355. The molecule has 322 valence electrons. The lowest BCUT2D eigenvalue weighted by atomic mass is 10.1. The SMILES string of the molecule is C[C@@H](NC(=O)[C@@H](CSC[C@H](NC(=O)OCc1ccccc1)C(=O)OCc1ccccc1)NC(=O)CC[C@@H](NC(=O)Cl)C(=O)OCc1ccccc1)C(=O)OCc1ccccc1. The van der Waals surface area contributed by atoms with Gasteiger partial charge in [-0.3, -0.25) is 14.4 Å². The summed E-state index contributed by atoms with van der Waals surface area (Å²) in [6.07, 6.45) is -1.50. The van der Waals surface area contributed by atoms with Gasteiger partial charge in [0.15, 0.2) is 0 Å². The fourth-order valence-electron chi connectivity index (χ4n) is 5.38. The van der Waals surface area contributed by atoms with Crippen LogP contribution in [-0.4, -0.2) is 76.9 Å². The number of carbonyl (C=O) groups is 7. The number of ether oxygens (including phenoxy) is 4. The number of halogens is 1. The van der Waals surface area contributed by atoms with Crippen LogP contribution in [0.5, 0.6) is 0 Å². The van der Waals surface area contributed by atoms with Gasteiger partial charge in [-0.2, -0.15) is 11.8 Å². The highest BCUT2D eigenvalue weighted by Crippen LogP contribution is 2.13. The average molecular weight is 875 g/mol. The number of nitrogens with one attached hydrogen (secondary N) is 4. The third-order valence-corrected chi connectivity index (χ3v) is 9.87. The molecule has 0 aromatic heterocycles. The van der Waals surface area contributed by atoms with Crippen LogP contribution >= 0.6 is 23.4 Å². The van der Waals surface area contributed by atoms with E-state index in [0.29, 0.717) is 11.1 Å². The number of alkyl carbamates (subject to hydrolysis) is 1. The molecule has 0 fully saturated rings. The lowest BCUT2D eigenvalue weighted by Gasteiger charge is -2.22. The zero-order valence-corrected chi connectivity index (χ0v) is 34.9. The highest BCUT2D eigenvalue weighted by molar-refractivity contribution is 7.99. The molecule has 4 N–H and O–H groups in total. The van der Waals surface area contributed by atoms with Gasteiger partial charge < -0.3 is 40.2 Å². The van der Waals surface area contributed by atoms with Crippen molar-refractivity contribution in [2.24, 2.45) is 0 Å². The number of rotatable bonds is 23. The van der Waals surface area contributed by atoms with Crippen molar-refractivity contribution in [1.29, 1.82) is 0 Å². The highest BCUT2D eigenvalue weighted by Gasteiger charge is 2.29. The number of hydrogen-bond donors (Lipinski definition) is 4. The Morgan fingerprint density at radius 1 is 0.508 bits per heavy atom. The Morgan fingerprint density at radius 3 is 1.38 bits per heavy atom. The van der Waals surface area contributed by atoms with Gasteiger partial charge >= 0.3 is 29.4 Å². The van der Waals surface area contributed by atoms with Gasteiger partial charge in [0.1, 0.15) is 50.6 Å². The molecule has 4 aromatic rings. The minimum Gasteiger partial charge on any atom is -0.459 e. The van der Waals surface area contributed by atoms with Crippen molar-refractivity contribution in [2.75, 3.05) is 11.5 Å². The third kappa shape index (κ3) is 18.2. The Hall–Kier alpha value is -6.39. The van der Waals surface area contributed by atoms with Crippen molar-refractivity contribution in [3.63, 3.8) is 0 Å². The molecule has 0 bridgehead atoms. The molecule has 0 aliphatic heterocycles. The number of amides is 4. The van der Waals surface area contributed by atoms with Crippen molar-refractivity contribution in [2.45, 2.75) is 70.4 Å². The Balaban J connectivity index is 1.42. The molecule has 4 atom stereocenters. The first kappa shape index (κ1) is 47.3. The summed E-state index contributed by atoms with van der Waals surface area (Å²) in [5, 5.41) is 8.91. The smallest absolute Gasteiger partial charge is 0.408 e. The van der Waals surface area contributed by atoms with Crippen LogP contribution in [0.4, 0.5) is 9.59 Å². The van der Waals surface area contributed by atoms with Crippen LogP contribution in [-0.2, 0) is 69.3 Å². The van der Waals surface area contributed by atoms with E-state index in [4.69, 9.17) is 30.5 Å². The van der Waals surface area contributed by atoms with Crippen LogP contribution in [0.25, 0.3) is 0 Å². The van der Waals surface area contributed by atoms with Crippen molar-refractivity contribution in [3.05, 3.63) is 144 Å². The molecule has 61 heavy (non-hydrogen) atoms. The standard InChI is InChI=1S/C44H47ClN4O11S/c1-30(40(52)57-24-31-14-6-2-7-15-31)46-39(51)36(47-38(50)23-22-35(48-43(45)55)41(53)58-25-32-16-8-3-9-17-32)28-61-29-37(42(54)59-26-33-18-10-4-11-19-33)49-44(56)60-27-34-20-12-5-13-21-34/h2-21,30,35-37H,22-29H2,1H3,(H,46,51)(H,47,50)(H,48,55)(H,49,56)/t30-,35-,36-,37+/m1/s1. The zero-order chi connectivity index (χ0) is 43.8. The van der Waals surface area contributed by atoms with Crippen LogP contribution < -0.4 is 21.3 Å². The van der Waals surface area contributed by atoms with Gasteiger partial charge in [-0.05, 0) is 47.2 Å². The van der Waals surface area contributed by atoms with Gasteiger partial charge in [0, 0.05) is 17.9 Å². The van der Waals surface area contributed by atoms with Crippen LogP contribution in [0.15, 0.2) is 121 Å². The summed E-state index contributed by atoms with van der Waals surface area (Å²) in [4.78, 5) is 90.6. The zero-order valence-electron chi connectivity index (χ0n) is 33.3. The first-order valence-electron chi connectivity index (χ1n) is 19.2. The number of carbonyl (C=O) groups excluding carboxylic acids is 7. The van der Waals surface area contributed by atoms with E-state index < -0.39 is 65.3 Å². The second-order valence-electron chi connectivity index (χ2n) is 13.4. The fourth-order valence-corrected chi connectivity index (χ4v) is 6.57. The molecule has 4 amide bonds. The molecule has 0 unspecified atom stereocenters. The Labute approximate surface area is 362 Å². The van der Waals surface area contributed by atoms with E-state index in [2.05, 4.69) is 21.3 Å².